The van der Waals surface area contributed by atoms with Crippen molar-refractivity contribution in [1.29, 1.82) is 0 Å². The first-order chi connectivity index (χ1) is 8.16. The topological polar surface area (TPSA) is 83.8 Å². The Hall–Kier alpha value is -2.44. The predicted molar refractivity (Wildman–Crippen MR) is 59.0 cm³/mol. The zero-order valence-electron chi connectivity index (χ0n) is 8.68. The fourth-order valence-electron chi connectivity index (χ4n) is 1.38. The van der Waals surface area contributed by atoms with Crippen LogP contribution in [-0.2, 0) is 6.54 Å². The number of aromatic nitrogens is 2. The zero-order valence-corrected chi connectivity index (χ0v) is 8.68. The minimum atomic E-state index is -0.558. The maximum Gasteiger partial charge on any atom is 0.292 e. The number of halogens is 1. The Bertz CT molecular complexity index is 527. The second-order valence-electron chi connectivity index (χ2n) is 3.38. The van der Waals surface area contributed by atoms with E-state index in [4.69, 9.17) is 0 Å². The van der Waals surface area contributed by atoms with Crippen molar-refractivity contribution in [3.05, 3.63) is 52.1 Å². The number of hydrogen-bond acceptors (Lipinski definition) is 4. The van der Waals surface area contributed by atoms with Crippen LogP contribution in [0.5, 0.6) is 0 Å². The van der Waals surface area contributed by atoms with E-state index in [1.54, 1.807) is 12.4 Å². The van der Waals surface area contributed by atoms with Gasteiger partial charge in [-0.05, 0) is 6.07 Å². The highest BCUT2D eigenvalue weighted by molar-refractivity contribution is 5.61. The van der Waals surface area contributed by atoms with Gasteiger partial charge in [0.25, 0.3) is 5.69 Å². The van der Waals surface area contributed by atoms with Crippen molar-refractivity contribution in [2.75, 3.05) is 5.32 Å². The number of benzene rings is 1. The summed E-state index contributed by atoms with van der Waals surface area (Å²) in [6.07, 6.45) is 3.23. The number of hydrogen-bond donors (Lipinski definition) is 2. The van der Waals surface area contributed by atoms with Gasteiger partial charge in [-0.25, -0.2) is 4.39 Å². The molecule has 7 heteroatoms. The largest absolute Gasteiger partial charge is 0.375 e. The van der Waals surface area contributed by atoms with E-state index in [1.165, 1.54) is 0 Å². The maximum atomic E-state index is 13.0. The molecule has 0 aliphatic rings. The first-order valence-electron chi connectivity index (χ1n) is 4.82. The number of rotatable bonds is 4. The summed E-state index contributed by atoms with van der Waals surface area (Å²) in [5.74, 6) is -0.523. The van der Waals surface area contributed by atoms with Crippen molar-refractivity contribution in [2.24, 2.45) is 0 Å². The smallest absolute Gasteiger partial charge is 0.292 e. The molecule has 88 valence electrons. The van der Waals surface area contributed by atoms with Crippen LogP contribution in [0.25, 0.3) is 0 Å². The highest BCUT2D eigenvalue weighted by atomic mass is 19.1. The Morgan fingerprint density at radius 3 is 3.00 bits per heavy atom. The number of H-pyrrole nitrogens is 1. The fourth-order valence-corrected chi connectivity index (χ4v) is 1.38. The summed E-state index contributed by atoms with van der Waals surface area (Å²) in [7, 11) is 0. The van der Waals surface area contributed by atoms with E-state index in [-0.39, 0.29) is 11.4 Å². The fraction of sp³-hybridized carbons (Fsp3) is 0.100. The Balaban J connectivity index is 2.19. The second kappa shape index (κ2) is 4.60. The number of nitrogens with zero attached hydrogens (tertiary/aromatic N) is 2. The normalized spacial score (nSPS) is 10.2. The van der Waals surface area contributed by atoms with Gasteiger partial charge in [0.2, 0.25) is 0 Å². The van der Waals surface area contributed by atoms with Crippen molar-refractivity contribution < 1.29 is 9.31 Å². The Morgan fingerprint density at radius 2 is 2.35 bits per heavy atom. The highest BCUT2D eigenvalue weighted by Crippen LogP contribution is 2.25. The third-order valence-corrected chi connectivity index (χ3v) is 2.19. The molecule has 1 aromatic heterocycles. The Morgan fingerprint density at radius 1 is 1.53 bits per heavy atom. The van der Waals surface area contributed by atoms with Crippen LogP contribution in [-0.4, -0.2) is 15.1 Å². The van der Waals surface area contributed by atoms with Crippen LogP contribution in [0.3, 0.4) is 0 Å². The number of nitrogens with one attached hydrogen (secondary N) is 2. The van der Waals surface area contributed by atoms with Crippen molar-refractivity contribution in [2.45, 2.75) is 6.54 Å². The quantitative estimate of drug-likeness (QED) is 0.628. The summed E-state index contributed by atoms with van der Waals surface area (Å²) in [6.45, 7) is 0.334. The molecule has 17 heavy (non-hydrogen) atoms. The molecule has 0 fully saturated rings. The monoisotopic (exact) mass is 236 g/mol. The summed E-state index contributed by atoms with van der Waals surface area (Å²) in [5, 5.41) is 19.9. The van der Waals surface area contributed by atoms with Gasteiger partial charge in [0.15, 0.2) is 0 Å². The third-order valence-electron chi connectivity index (χ3n) is 2.19. The molecule has 2 aromatic rings. The minimum absolute atomic E-state index is 0.149. The van der Waals surface area contributed by atoms with Crippen molar-refractivity contribution in [3.63, 3.8) is 0 Å². The molecule has 2 rings (SSSR count). The molecule has 0 aliphatic heterocycles. The van der Waals surface area contributed by atoms with Crippen LogP contribution in [0.2, 0.25) is 0 Å². The van der Waals surface area contributed by atoms with Crippen molar-refractivity contribution in [3.8, 4) is 0 Å². The Kier molecular flexibility index (Phi) is 2.99. The van der Waals surface area contributed by atoms with Crippen molar-refractivity contribution >= 4 is 11.4 Å². The molecule has 0 spiro atoms. The van der Waals surface area contributed by atoms with Gasteiger partial charge >= 0.3 is 0 Å². The molecule has 0 radical (unpaired) electrons. The van der Waals surface area contributed by atoms with E-state index in [2.05, 4.69) is 15.5 Å². The molecule has 1 heterocycles. The standard InChI is InChI=1S/C10H9FN4O2/c11-8-1-2-10(15(16)17)9(3-8)12-4-7-5-13-14-6-7/h1-3,5-6,12H,4H2,(H,13,14). The molecule has 2 N–H and O–H groups in total. The number of aromatic amines is 1. The molecule has 0 bridgehead atoms. The SMILES string of the molecule is O=[N+]([O-])c1ccc(F)cc1NCc1cn[nH]c1. The minimum Gasteiger partial charge on any atom is -0.375 e. The van der Waals surface area contributed by atoms with E-state index < -0.39 is 10.7 Å². The molecule has 0 unspecified atom stereocenters. The molecular weight excluding hydrogens is 227 g/mol. The van der Waals surface area contributed by atoms with Gasteiger partial charge in [-0.1, -0.05) is 0 Å². The van der Waals surface area contributed by atoms with Gasteiger partial charge in [0.1, 0.15) is 11.5 Å². The lowest BCUT2D eigenvalue weighted by Crippen LogP contribution is -2.02. The van der Waals surface area contributed by atoms with Crippen molar-refractivity contribution in [1.82, 2.24) is 10.2 Å². The van der Waals surface area contributed by atoms with E-state index in [1.807, 2.05) is 0 Å². The molecule has 0 amide bonds. The first-order valence-corrected chi connectivity index (χ1v) is 4.82. The average Bonchev–Trinajstić information content (AvgIpc) is 2.78. The highest BCUT2D eigenvalue weighted by Gasteiger charge is 2.13. The second-order valence-corrected chi connectivity index (χ2v) is 3.38. The van der Waals surface area contributed by atoms with E-state index >= 15 is 0 Å². The first kappa shape index (κ1) is 11.1. The van der Waals surface area contributed by atoms with Crippen LogP contribution < -0.4 is 5.32 Å². The predicted octanol–water partition coefficient (Wildman–Crippen LogP) is 2.07. The van der Waals surface area contributed by atoms with Crippen LogP contribution in [0.4, 0.5) is 15.8 Å². The molecule has 0 aliphatic carbocycles. The van der Waals surface area contributed by atoms with Crippen LogP contribution >= 0.6 is 0 Å². The average molecular weight is 236 g/mol. The lowest BCUT2D eigenvalue weighted by Gasteiger charge is -2.05. The summed E-state index contributed by atoms with van der Waals surface area (Å²) < 4.78 is 13.0. The summed E-state index contributed by atoms with van der Waals surface area (Å²) in [5.41, 5.74) is 0.814. The maximum absolute atomic E-state index is 13.0. The van der Waals surface area contributed by atoms with E-state index in [0.29, 0.717) is 6.54 Å². The number of anilines is 1. The lowest BCUT2D eigenvalue weighted by molar-refractivity contribution is -0.384. The number of nitro groups is 1. The summed E-state index contributed by atoms with van der Waals surface area (Å²) in [4.78, 5) is 10.2. The van der Waals surface area contributed by atoms with Gasteiger partial charge < -0.3 is 5.32 Å². The van der Waals surface area contributed by atoms with Gasteiger partial charge in [-0.2, -0.15) is 5.10 Å². The molecule has 6 nitrogen and oxygen atoms in total. The van der Waals surface area contributed by atoms with Crippen LogP contribution in [0.1, 0.15) is 5.56 Å². The summed E-state index contributed by atoms with van der Waals surface area (Å²) >= 11 is 0. The van der Waals surface area contributed by atoms with Gasteiger partial charge in [-0.3, -0.25) is 15.2 Å². The van der Waals surface area contributed by atoms with E-state index in [9.17, 15) is 14.5 Å². The molecule has 1 aromatic carbocycles. The van der Waals surface area contributed by atoms with Gasteiger partial charge in [0, 0.05) is 30.4 Å². The molecule has 0 atom stereocenters. The molecular formula is C10H9FN4O2. The molecule has 0 saturated heterocycles. The van der Waals surface area contributed by atoms with Gasteiger partial charge in [0.05, 0.1) is 11.1 Å². The lowest BCUT2D eigenvalue weighted by atomic mass is 10.2. The number of nitro benzene ring substituents is 1. The molecule has 0 saturated carbocycles. The summed E-state index contributed by atoms with van der Waals surface area (Å²) in [6, 6.07) is 3.28. The zero-order chi connectivity index (χ0) is 12.3. The van der Waals surface area contributed by atoms with Crippen LogP contribution in [0, 0.1) is 15.9 Å². The van der Waals surface area contributed by atoms with E-state index in [0.717, 1.165) is 23.8 Å². The third kappa shape index (κ3) is 2.57. The van der Waals surface area contributed by atoms with Crippen LogP contribution in [0.15, 0.2) is 30.6 Å². The van der Waals surface area contributed by atoms with Gasteiger partial charge in [-0.15, -0.1) is 0 Å². The Labute approximate surface area is 95.6 Å².